The van der Waals surface area contributed by atoms with E-state index in [1.54, 1.807) is 11.3 Å². The summed E-state index contributed by atoms with van der Waals surface area (Å²) < 4.78 is 16.3. The molecule has 2 heterocycles. The molecule has 0 atom stereocenters. The van der Waals surface area contributed by atoms with E-state index in [0.29, 0.717) is 22.5 Å². The molecule has 25 heavy (non-hydrogen) atoms. The normalized spacial score (nSPS) is 14.0. The number of rotatable bonds is 6. The van der Waals surface area contributed by atoms with Crippen LogP contribution < -0.4 is 0 Å². The van der Waals surface area contributed by atoms with Gasteiger partial charge >= 0.3 is 0 Å². The molecule has 1 aromatic carbocycles. The zero-order valence-corrected chi connectivity index (χ0v) is 14.6. The molecule has 9 heteroatoms. The van der Waals surface area contributed by atoms with Crippen molar-refractivity contribution in [3.05, 3.63) is 62.3 Å². The summed E-state index contributed by atoms with van der Waals surface area (Å²) in [5, 5.41) is 21.9. The second-order valence-electron chi connectivity index (χ2n) is 5.73. The van der Waals surface area contributed by atoms with Gasteiger partial charge in [0.2, 0.25) is 0 Å². The predicted octanol–water partition coefficient (Wildman–Crippen LogP) is 4.46. The predicted molar refractivity (Wildman–Crippen MR) is 92.6 cm³/mol. The van der Waals surface area contributed by atoms with Crippen molar-refractivity contribution in [3.8, 4) is 0 Å². The van der Waals surface area contributed by atoms with Crippen LogP contribution in [0.4, 0.5) is 10.1 Å². The van der Waals surface area contributed by atoms with Gasteiger partial charge in [-0.25, -0.2) is 4.39 Å². The molecule has 0 unspecified atom stereocenters. The first-order valence-electron chi connectivity index (χ1n) is 7.70. The molecule has 2 aromatic heterocycles. The van der Waals surface area contributed by atoms with Crippen LogP contribution in [0.15, 0.2) is 45.8 Å². The Hall–Kier alpha value is -2.26. The molecular formula is C16H13FN4O2S2. The molecule has 0 bridgehead atoms. The van der Waals surface area contributed by atoms with E-state index in [9.17, 15) is 14.5 Å². The third-order valence-corrected chi connectivity index (χ3v) is 5.78. The Morgan fingerprint density at radius 2 is 2.20 bits per heavy atom. The fourth-order valence-electron chi connectivity index (χ4n) is 2.55. The number of halogens is 1. The van der Waals surface area contributed by atoms with Crippen LogP contribution in [0.2, 0.25) is 0 Å². The summed E-state index contributed by atoms with van der Waals surface area (Å²) in [5.74, 6) is 0.249. The van der Waals surface area contributed by atoms with Gasteiger partial charge in [-0.1, -0.05) is 6.07 Å². The molecule has 0 saturated heterocycles. The maximum atomic E-state index is 14.2. The van der Waals surface area contributed by atoms with E-state index in [0.717, 1.165) is 36.5 Å². The Bertz CT molecular complexity index is 922. The molecular weight excluding hydrogens is 363 g/mol. The molecule has 3 aromatic rings. The Balaban J connectivity index is 1.62. The van der Waals surface area contributed by atoms with Crippen molar-refractivity contribution in [2.75, 3.05) is 0 Å². The van der Waals surface area contributed by atoms with Crippen molar-refractivity contribution in [3.63, 3.8) is 0 Å². The monoisotopic (exact) mass is 376 g/mol. The van der Waals surface area contributed by atoms with E-state index in [1.807, 2.05) is 11.4 Å². The average Bonchev–Trinajstić information content (AvgIpc) is 3.14. The van der Waals surface area contributed by atoms with Crippen molar-refractivity contribution >= 4 is 28.8 Å². The van der Waals surface area contributed by atoms with Crippen molar-refractivity contribution in [1.82, 2.24) is 14.8 Å². The number of thiophene rings is 1. The van der Waals surface area contributed by atoms with Crippen molar-refractivity contribution in [2.24, 2.45) is 0 Å². The molecule has 1 aliphatic carbocycles. The first-order valence-corrected chi connectivity index (χ1v) is 9.39. The number of non-ortho nitro benzene ring substituents is 1. The summed E-state index contributed by atoms with van der Waals surface area (Å²) in [6, 6.07) is 8.07. The van der Waals surface area contributed by atoms with Crippen LogP contribution >= 0.6 is 23.1 Å². The summed E-state index contributed by atoms with van der Waals surface area (Å²) in [6.07, 6.45) is 2.82. The Kier molecular flexibility index (Phi) is 4.26. The lowest BCUT2D eigenvalue weighted by Gasteiger charge is -2.08. The van der Waals surface area contributed by atoms with E-state index in [-0.39, 0.29) is 5.69 Å². The highest BCUT2D eigenvalue weighted by atomic mass is 32.2. The van der Waals surface area contributed by atoms with E-state index in [4.69, 9.17) is 0 Å². The second-order valence-corrected chi connectivity index (χ2v) is 7.77. The van der Waals surface area contributed by atoms with Gasteiger partial charge in [-0.2, -0.15) is 0 Å². The SMILES string of the molecule is O=[N+]([O-])c1ccc(Sc2nnc(Cc3cccs3)n2C2CC2)c(F)c1. The third kappa shape index (κ3) is 3.42. The van der Waals surface area contributed by atoms with Crippen molar-refractivity contribution in [1.29, 1.82) is 0 Å². The molecule has 1 aliphatic rings. The number of benzene rings is 1. The molecule has 0 amide bonds. The number of hydrogen-bond donors (Lipinski definition) is 0. The lowest BCUT2D eigenvalue weighted by molar-refractivity contribution is -0.385. The second kappa shape index (κ2) is 6.57. The molecule has 0 radical (unpaired) electrons. The summed E-state index contributed by atoms with van der Waals surface area (Å²) in [7, 11) is 0. The first kappa shape index (κ1) is 16.2. The topological polar surface area (TPSA) is 73.8 Å². The zero-order chi connectivity index (χ0) is 17.4. The first-order chi connectivity index (χ1) is 12.1. The van der Waals surface area contributed by atoms with Gasteiger partial charge in [0.15, 0.2) is 5.16 Å². The third-order valence-electron chi connectivity index (χ3n) is 3.89. The van der Waals surface area contributed by atoms with Crippen LogP contribution in [0.5, 0.6) is 0 Å². The number of nitro benzene ring substituents is 1. The van der Waals surface area contributed by atoms with Crippen LogP contribution in [0, 0.1) is 15.9 Å². The Labute approximate surface area is 150 Å². The van der Waals surface area contributed by atoms with Gasteiger partial charge in [0.1, 0.15) is 11.6 Å². The summed E-state index contributed by atoms with van der Waals surface area (Å²) >= 11 is 2.83. The largest absolute Gasteiger partial charge is 0.302 e. The van der Waals surface area contributed by atoms with Crippen LogP contribution in [0.25, 0.3) is 0 Å². The molecule has 0 N–H and O–H groups in total. The number of hydrogen-bond acceptors (Lipinski definition) is 6. The summed E-state index contributed by atoms with van der Waals surface area (Å²) in [4.78, 5) is 11.6. The fourth-order valence-corrected chi connectivity index (χ4v) is 4.18. The molecule has 4 rings (SSSR count). The molecule has 1 saturated carbocycles. The van der Waals surface area contributed by atoms with Crippen molar-refractivity contribution in [2.45, 2.75) is 35.4 Å². The van der Waals surface area contributed by atoms with Crippen LogP contribution in [0.3, 0.4) is 0 Å². The number of nitro groups is 1. The molecule has 0 spiro atoms. The van der Waals surface area contributed by atoms with Crippen LogP contribution in [0.1, 0.15) is 29.6 Å². The minimum absolute atomic E-state index is 0.260. The van der Waals surface area contributed by atoms with Gasteiger partial charge < -0.3 is 4.57 Å². The minimum Gasteiger partial charge on any atom is -0.302 e. The molecule has 1 fully saturated rings. The quantitative estimate of drug-likeness (QED) is 0.469. The van der Waals surface area contributed by atoms with Crippen LogP contribution in [-0.4, -0.2) is 19.7 Å². The molecule has 6 nitrogen and oxygen atoms in total. The standard InChI is InChI=1S/C16H13FN4O2S2/c17-13-8-11(21(22)23)5-6-14(13)25-16-19-18-15(20(16)10-3-4-10)9-12-2-1-7-24-12/h1-2,5-8,10H,3-4,9H2. The maximum Gasteiger partial charge on any atom is 0.272 e. The van der Waals surface area contributed by atoms with E-state index in [2.05, 4.69) is 20.8 Å². The fraction of sp³-hybridized carbons (Fsp3) is 0.250. The zero-order valence-electron chi connectivity index (χ0n) is 13.0. The Morgan fingerprint density at radius 1 is 1.36 bits per heavy atom. The summed E-state index contributed by atoms with van der Waals surface area (Å²) in [6.45, 7) is 0. The highest BCUT2D eigenvalue weighted by molar-refractivity contribution is 7.99. The minimum atomic E-state index is -0.621. The smallest absolute Gasteiger partial charge is 0.272 e. The lowest BCUT2D eigenvalue weighted by atomic mass is 10.3. The van der Waals surface area contributed by atoms with Gasteiger partial charge in [-0.3, -0.25) is 10.1 Å². The van der Waals surface area contributed by atoms with E-state index in [1.165, 1.54) is 17.0 Å². The Morgan fingerprint density at radius 3 is 2.84 bits per heavy atom. The van der Waals surface area contributed by atoms with E-state index >= 15 is 0 Å². The maximum absolute atomic E-state index is 14.2. The van der Waals surface area contributed by atoms with Crippen LogP contribution in [-0.2, 0) is 6.42 Å². The highest BCUT2D eigenvalue weighted by Crippen LogP contribution is 2.41. The van der Waals surface area contributed by atoms with Gasteiger partial charge in [0.05, 0.1) is 15.9 Å². The summed E-state index contributed by atoms with van der Waals surface area (Å²) in [5.41, 5.74) is -0.260. The van der Waals surface area contributed by atoms with Gasteiger partial charge in [0, 0.05) is 23.4 Å². The van der Waals surface area contributed by atoms with Crippen molar-refractivity contribution < 1.29 is 9.31 Å². The van der Waals surface area contributed by atoms with Gasteiger partial charge in [0.25, 0.3) is 5.69 Å². The van der Waals surface area contributed by atoms with Gasteiger partial charge in [-0.15, -0.1) is 21.5 Å². The van der Waals surface area contributed by atoms with E-state index < -0.39 is 10.7 Å². The van der Waals surface area contributed by atoms with Gasteiger partial charge in [-0.05, 0) is 42.1 Å². The number of aromatic nitrogens is 3. The molecule has 128 valence electrons. The molecule has 0 aliphatic heterocycles. The number of nitrogens with zero attached hydrogens (tertiary/aromatic N) is 4. The average molecular weight is 376 g/mol. The lowest BCUT2D eigenvalue weighted by Crippen LogP contribution is -2.03. The highest BCUT2D eigenvalue weighted by Gasteiger charge is 2.30.